The summed E-state index contributed by atoms with van der Waals surface area (Å²) in [5.41, 5.74) is -0.916. The van der Waals surface area contributed by atoms with Gasteiger partial charge in [-0.25, -0.2) is 27.0 Å². The Kier molecular flexibility index (Phi) is 5.56. The quantitative estimate of drug-likeness (QED) is 0.756. The molecule has 1 aromatic carbocycles. The first kappa shape index (κ1) is 20.5. The van der Waals surface area contributed by atoms with Gasteiger partial charge in [0.25, 0.3) is 0 Å². The van der Waals surface area contributed by atoms with E-state index in [0.29, 0.717) is 6.20 Å². The molecule has 26 heavy (non-hydrogen) atoms. The molecule has 0 saturated carbocycles. The summed E-state index contributed by atoms with van der Waals surface area (Å²) in [5, 5.41) is 5.15. The maximum Gasteiger partial charge on any atom is 0.417 e. The Morgan fingerprint density at radius 3 is 2.23 bits per heavy atom. The Labute approximate surface area is 151 Å². The van der Waals surface area contributed by atoms with Crippen molar-refractivity contribution in [2.75, 3.05) is 11.0 Å². The minimum atomic E-state index is -4.55. The number of hydrogen-bond acceptors (Lipinski definition) is 6. The fourth-order valence-corrected chi connectivity index (χ4v) is 3.91. The lowest BCUT2D eigenvalue weighted by Gasteiger charge is -2.12. The van der Waals surface area contributed by atoms with E-state index in [4.69, 9.17) is 5.14 Å². The van der Waals surface area contributed by atoms with Crippen LogP contribution in [-0.2, 0) is 26.2 Å². The maximum absolute atomic E-state index is 12.6. The van der Waals surface area contributed by atoms with E-state index in [0.717, 1.165) is 42.3 Å². The predicted molar refractivity (Wildman–Crippen MR) is 89.6 cm³/mol. The molecule has 13 heteroatoms. The fraction of sp³-hybridized carbons (Fsp3) is 0.154. The van der Waals surface area contributed by atoms with E-state index in [9.17, 15) is 30.0 Å². The highest BCUT2D eigenvalue weighted by Crippen LogP contribution is 2.36. The van der Waals surface area contributed by atoms with Crippen LogP contribution >= 0.6 is 11.8 Å². The molecular formula is C13H12F3N3O4S3. The lowest BCUT2D eigenvalue weighted by Crippen LogP contribution is -2.14. The highest BCUT2D eigenvalue weighted by molar-refractivity contribution is 7.99. The maximum atomic E-state index is 12.6. The zero-order valence-electron chi connectivity index (χ0n) is 13.0. The van der Waals surface area contributed by atoms with Crippen LogP contribution in [0.3, 0.4) is 0 Å². The number of halogens is 3. The van der Waals surface area contributed by atoms with E-state index in [1.807, 2.05) is 0 Å². The number of nitrogens with two attached hydrogens (primary N) is 1. The molecule has 0 aliphatic heterocycles. The average Bonchev–Trinajstić information content (AvgIpc) is 2.46. The van der Waals surface area contributed by atoms with Crippen molar-refractivity contribution in [1.29, 1.82) is 0 Å². The highest BCUT2D eigenvalue weighted by atomic mass is 32.2. The van der Waals surface area contributed by atoms with Crippen LogP contribution < -0.4 is 9.86 Å². The van der Waals surface area contributed by atoms with Crippen LogP contribution in [0.15, 0.2) is 51.3 Å². The van der Waals surface area contributed by atoms with Crippen molar-refractivity contribution in [3.05, 3.63) is 42.1 Å². The van der Waals surface area contributed by atoms with Gasteiger partial charge < -0.3 is 0 Å². The van der Waals surface area contributed by atoms with Gasteiger partial charge in [-0.2, -0.15) is 13.2 Å². The lowest BCUT2D eigenvalue weighted by molar-refractivity contribution is -0.137. The van der Waals surface area contributed by atoms with Crippen LogP contribution in [0, 0.1) is 0 Å². The first-order valence-corrected chi connectivity index (χ1v) is 10.9. The predicted octanol–water partition coefficient (Wildman–Crippen LogP) is 2.27. The van der Waals surface area contributed by atoms with Crippen molar-refractivity contribution in [1.82, 2.24) is 4.98 Å². The summed E-state index contributed by atoms with van der Waals surface area (Å²) in [6.07, 6.45) is -3.03. The molecule has 0 amide bonds. The van der Waals surface area contributed by atoms with Gasteiger partial charge in [-0.15, -0.1) is 0 Å². The van der Waals surface area contributed by atoms with Crippen LogP contribution in [-0.4, -0.2) is 28.1 Å². The van der Waals surface area contributed by atoms with E-state index in [1.54, 1.807) is 0 Å². The topological polar surface area (TPSA) is 119 Å². The third-order valence-corrected chi connectivity index (χ3v) is 5.37. The SMILES string of the molecule is CS(=O)(=O)Nc1ccc(S(N)(=O)=O)cc1Sc1ccc(C(F)(F)F)cn1. The monoisotopic (exact) mass is 427 g/mol. The molecular weight excluding hydrogens is 415 g/mol. The Hall–Kier alpha value is -1.83. The van der Waals surface area contributed by atoms with Crippen molar-refractivity contribution in [2.24, 2.45) is 5.14 Å². The zero-order valence-corrected chi connectivity index (χ0v) is 15.4. The molecule has 0 spiro atoms. The average molecular weight is 427 g/mol. The van der Waals surface area contributed by atoms with E-state index in [-0.39, 0.29) is 20.5 Å². The summed E-state index contributed by atoms with van der Waals surface area (Å²) in [5.74, 6) is 0. The molecule has 0 radical (unpaired) electrons. The van der Waals surface area contributed by atoms with Gasteiger partial charge in [-0.3, -0.25) is 4.72 Å². The van der Waals surface area contributed by atoms with Gasteiger partial charge in [0.2, 0.25) is 20.0 Å². The smallest absolute Gasteiger partial charge is 0.283 e. The van der Waals surface area contributed by atoms with Gasteiger partial charge in [0.15, 0.2) is 0 Å². The summed E-state index contributed by atoms with van der Waals surface area (Å²) in [4.78, 5) is 3.47. The lowest BCUT2D eigenvalue weighted by atomic mass is 10.3. The molecule has 0 aliphatic carbocycles. The number of sulfonamides is 2. The summed E-state index contributed by atoms with van der Waals surface area (Å²) in [6.45, 7) is 0. The van der Waals surface area contributed by atoms with Crippen LogP contribution in [0.4, 0.5) is 18.9 Å². The van der Waals surface area contributed by atoms with Crippen molar-refractivity contribution < 1.29 is 30.0 Å². The van der Waals surface area contributed by atoms with Gasteiger partial charge in [0, 0.05) is 11.1 Å². The first-order valence-electron chi connectivity index (χ1n) is 6.61. The molecule has 0 saturated heterocycles. The highest BCUT2D eigenvalue weighted by Gasteiger charge is 2.30. The molecule has 0 fully saturated rings. The minimum Gasteiger partial charge on any atom is -0.283 e. The van der Waals surface area contributed by atoms with Crippen LogP contribution in [0.2, 0.25) is 0 Å². The summed E-state index contributed by atoms with van der Waals surface area (Å²) in [7, 11) is -7.74. The Balaban J connectivity index is 2.45. The summed E-state index contributed by atoms with van der Waals surface area (Å²) >= 11 is 0.779. The van der Waals surface area contributed by atoms with Crippen molar-refractivity contribution in [3.8, 4) is 0 Å². The summed E-state index contributed by atoms with van der Waals surface area (Å²) in [6, 6.07) is 5.29. The minimum absolute atomic E-state index is 0.0339. The van der Waals surface area contributed by atoms with Gasteiger partial charge in [-0.05, 0) is 30.3 Å². The molecule has 0 aliphatic rings. The van der Waals surface area contributed by atoms with Gasteiger partial charge in [0.1, 0.15) is 5.03 Å². The Bertz CT molecular complexity index is 1020. The number of nitrogens with one attached hydrogen (secondary N) is 1. The standard InChI is InChI=1S/C13H12F3N3O4S3/c1-25(20,21)19-10-4-3-9(26(17,22)23)6-11(10)24-12-5-2-8(7-18-12)13(14,15)16/h2-7,19H,1H3,(H2,17,22,23). The van der Waals surface area contributed by atoms with Crippen LogP contribution in [0.5, 0.6) is 0 Å². The molecule has 2 aromatic rings. The van der Waals surface area contributed by atoms with Crippen molar-refractivity contribution in [3.63, 3.8) is 0 Å². The van der Waals surface area contributed by atoms with E-state index in [1.165, 1.54) is 6.07 Å². The van der Waals surface area contributed by atoms with Gasteiger partial charge in [-0.1, -0.05) is 11.8 Å². The Morgan fingerprint density at radius 2 is 1.77 bits per heavy atom. The molecule has 3 N–H and O–H groups in total. The number of pyridine rings is 1. The second-order valence-electron chi connectivity index (χ2n) is 5.06. The third-order valence-electron chi connectivity index (χ3n) is 2.86. The molecule has 0 atom stereocenters. The number of hydrogen-bond donors (Lipinski definition) is 2. The van der Waals surface area contributed by atoms with Crippen molar-refractivity contribution in [2.45, 2.75) is 21.0 Å². The normalized spacial score (nSPS) is 12.8. The van der Waals surface area contributed by atoms with Crippen LogP contribution in [0.1, 0.15) is 5.56 Å². The number of alkyl halides is 3. The number of anilines is 1. The Morgan fingerprint density at radius 1 is 1.12 bits per heavy atom. The van der Waals surface area contributed by atoms with E-state index >= 15 is 0 Å². The van der Waals surface area contributed by atoms with Crippen LogP contribution in [0.25, 0.3) is 0 Å². The molecule has 1 aromatic heterocycles. The number of rotatable bonds is 5. The number of aromatic nitrogens is 1. The number of nitrogens with zero attached hydrogens (tertiary/aromatic N) is 1. The molecule has 142 valence electrons. The molecule has 0 bridgehead atoms. The zero-order chi connectivity index (χ0) is 19.8. The molecule has 7 nitrogen and oxygen atoms in total. The van der Waals surface area contributed by atoms with E-state index in [2.05, 4.69) is 9.71 Å². The summed E-state index contributed by atoms with van der Waals surface area (Å²) < 4.78 is 85.8. The first-order chi connectivity index (χ1) is 11.8. The second-order valence-corrected chi connectivity index (χ2v) is 9.43. The fourth-order valence-electron chi connectivity index (χ4n) is 1.77. The second kappa shape index (κ2) is 7.06. The number of primary sulfonamides is 1. The molecule has 2 rings (SSSR count). The van der Waals surface area contributed by atoms with Gasteiger partial charge in [0.05, 0.1) is 22.4 Å². The molecule has 0 unspecified atom stereocenters. The van der Waals surface area contributed by atoms with Crippen molar-refractivity contribution >= 4 is 37.5 Å². The number of benzene rings is 1. The van der Waals surface area contributed by atoms with E-state index < -0.39 is 31.8 Å². The largest absolute Gasteiger partial charge is 0.417 e. The van der Waals surface area contributed by atoms with Gasteiger partial charge >= 0.3 is 6.18 Å². The molecule has 1 heterocycles. The third kappa shape index (κ3) is 5.59.